The lowest BCUT2D eigenvalue weighted by Crippen LogP contribution is -2.15. The summed E-state index contributed by atoms with van der Waals surface area (Å²) in [5, 5.41) is 10.8. The van der Waals surface area contributed by atoms with Crippen molar-refractivity contribution in [2.24, 2.45) is 0 Å². The normalized spacial score (nSPS) is 13.4. The highest BCUT2D eigenvalue weighted by atomic mass is 15.2. The van der Waals surface area contributed by atoms with Crippen LogP contribution in [0.3, 0.4) is 0 Å². The highest BCUT2D eigenvalue weighted by Crippen LogP contribution is 2.50. The molecular weight excluding hydrogens is 717 g/mol. The van der Waals surface area contributed by atoms with E-state index >= 15 is 0 Å². The average molecular weight is 753 g/mol. The van der Waals surface area contributed by atoms with Crippen LogP contribution in [0.4, 0.5) is 0 Å². The molecule has 4 nitrogen and oxygen atoms in total. The maximum absolute atomic E-state index is 5.55. The van der Waals surface area contributed by atoms with Crippen molar-refractivity contribution in [3.63, 3.8) is 0 Å². The molecular formula is C55H36N4. The Morgan fingerprint density at radius 1 is 0.407 bits per heavy atom. The second-order valence-electron chi connectivity index (χ2n) is 16.6. The Morgan fingerprint density at radius 3 is 1.97 bits per heavy atom. The molecule has 4 heteroatoms. The minimum Gasteiger partial charge on any atom is -0.309 e. The van der Waals surface area contributed by atoms with Gasteiger partial charge in [-0.15, -0.1) is 0 Å². The van der Waals surface area contributed by atoms with Gasteiger partial charge in [0, 0.05) is 43.6 Å². The summed E-state index contributed by atoms with van der Waals surface area (Å²) in [4.78, 5) is 10.9. The highest BCUT2D eigenvalue weighted by Gasteiger charge is 2.35. The Morgan fingerprint density at radius 2 is 1.08 bits per heavy atom. The highest BCUT2D eigenvalue weighted by molar-refractivity contribution is 6.22. The zero-order chi connectivity index (χ0) is 39.0. The molecule has 0 saturated carbocycles. The van der Waals surface area contributed by atoms with Crippen LogP contribution in [0.2, 0.25) is 0 Å². The van der Waals surface area contributed by atoms with Gasteiger partial charge in [0.25, 0.3) is 0 Å². The topological polar surface area (TPSA) is 35.6 Å². The van der Waals surface area contributed by atoms with Crippen LogP contribution in [0, 0.1) is 0 Å². The first-order valence-electron chi connectivity index (χ1n) is 20.4. The van der Waals surface area contributed by atoms with Gasteiger partial charge < -0.3 is 4.57 Å². The summed E-state index contributed by atoms with van der Waals surface area (Å²) < 4.78 is 4.71. The Balaban J connectivity index is 1.08. The zero-order valence-corrected chi connectivity index (χ0v) is 32.6. The van der Waals surface area contributed by atoms with E-state index in [0.29, 0.717) is 5.95 Å². The number of hydrogen-bond donors (Lipinski definition) is 0. The lowest BCUT2D eigenvalue weighted by molar-refractivity contribution is 0.660. The quantitative estimate of drug-likeness (QED) is 0.180. The Kier molecular flexibility index (Phi) is 6.48. The van der Waals surface area contributed by atoms with E-state index in [1.165, 1.54) is 71.0 Å². The van der Waals surface area contributed by atoms with Crippen molar-refractivity contribution in [3.05, 3.63) is 193 Å². The maximum Gasteiger partial charge on any atom is 0.235 e. The summed E-state index contributed by atoms with van der Waals surface area (Å²) in [5.41, 5.74) is 13.8. The molecule has 9 aromatic carbocycles. The van der Waals surface area contributed by atoms with E-state index < -0.39 is 0 Å². The number of fused-ring (bicyclic) bond motifs is 13. The van der Waals surface area contributed by atoms with E-state index in [0.717, 1.165) is 44.3 Å². The van der Waals surface area contributed by atoms with Crippen molar-refractivity contribution in [2.45, 2.75) is 19.3 Å². The molecule has 0 unspecified atom stereocenters. The number of nitrogens with zero attached hydrogens (tertiary/aromatic N) is 4. The van der Waals surface area contributed by atoms with Crippen LogP contribution < -0.4 is 0 Å². The molecule has 0 aliphatic heterocycles. The minimum absolute atomic E-state index is 0.122. The fourth-order valence-corrected chi connectivity index (χ4v) is 10.3. The maximum atomic E-state index is 5.55. The summed E-state index contributed by atoms with van der Waals surface area (Å²) in [7, 11) is 0. The van der Waals surface area contributed by atoms with Crippen LogP contribution in [-0.4, -0.2) is 19.1 Å². The van der Waals surface area contributed by atoms with Crippen molar-refractivity contribution in [3.8, 4) is 34.0 Å². The van der Waals surface area contributed by atoms with Crippen LogP contribution in [0.1, 0.15) is 25.0 Å². The van der Waals surface area contributed by atoms with Crippen LogP contribution in [0.5, 0.6) is 0 Å². The van der Waals surface area contributed by atoms with Crippen LogP contribution in [0.25, 0.3) is 110 Å². The van der Waals surface area contributed by atoms with Crippen molar-refractivity contribution in [1.82, 2.24) is 19.1 Å². The predicted octanol–water partition coefficient (Wildman–Crippen LogP) is 14.1. The molecule has 0 amide bonds. The predicted molar refractivity (Wildman–Crippen MR) is 246 cm³/mol. The van der Waals surface area contributed by atoms with Gasteiger partial charge in [0.05, 0.1) is 33.3 Å². The second-order valence-corrected chi connectivity index (χ2v) is 16.6. The monoisotopic (exact) mass is 752 g/mol. The van der Waals surface area contributed by atoms with Gasteiger partial charge in [-0.25, -0.2) is 9.97 Å². The zero-order valence-electron chi connectivity index (χ0n) is 32.6. The van der Waals surface area contributed by atoms with Crippen molar-refractivity contribution in [1.29, 1.82) is 0 Å². The van der Waals surface area contributed by atoms with E-state index in [1.54, 1.807) is 0 Å². The summed E-state index contributed by atoms with van der Waals surface area (Å²) in [6.45, 7) is 4.67. The van der Waals surface area contributed by atoms with Crippen molar-refractivity contribution < 1.29 is 0 Å². The molecule has 0 radical (unpaired) electrons. The molecule has 0 N–H and O–H groups in total. The molecule has 3 aromatic heterocycles. The van der Waals surface area contributed by atoms with Gasteiger partial charge in [0.1, 0.15) is 0 Å². The first-order chi connectivity index (χ1) is 29.0. The molecule has 1 aliphatic carbocycles. The third kappa shape index (κ3) is 4.49. The van der Waals surface area contributed by atoms with Crippen molar-refractivity contribution >= 4 is 76.1 Å². The van der Waals surface area contributed by atoms with Gasteiger partial charge in [-0.05, 0) is 98.4 Å². The van der Waals surface area contributed by atoms with E-state index in [1.807, 2.05) is 0 Å². The molecule has 0 spiro atoms. The Labute approximate surface area is 340 Å². The first-order valence-corrected chi connectivity index (χ1v) is 20.4. The molecule has 0 atom stereocenters. The van der Waals surface area contributed by atoms with Crippen molar-refractivity contribution in [2.75, 3.05) is 0 Å². The van der Waals surface area contributed by atoms with Gasteiger partial charge in [0.15, 0.2) is 0 Å². The minimum atomic E-state index is -0.122. The molecule has 12 aromatic rings. The fraction of sp³-hybridized carbons (Fsp3) is 0.0545. The second kappa shape index (κ2) is 11.7. The molecule has 0 saturated heterocycles. The number of para-hydroxylation sites is 2. The van der Waals surface area contributed by atoms with E-state index in [-0.39, 0.29) is 5.41 Å². The molecule has 13 rings (SSSR count). The van der Waals surface area contributed by atoms with Gasteiger partial charge >= 0.3 is 0 Å². The third-order valence-electron chi connectivity index (χ3n) is 13.1. The average Bonchev–Trinajstić information content (AvgIpc) is 3.87. The Bertz CT molecular complexity index is 3770. The number of rotatable bonds is 3. The summed E-state index contributed by atoms with van der Waals surface area (Å²) >= 11 is 0. The smallest absolute Gasteiger partial charge is 0.235 e. The fourth-order valence-electron chi connectivity index (χ4n) is 10.3. The summed E-state index contributed by atoms with van der Waals surface area (Å²) in [5.74, 6) is 0.660. The number of aromatic nitrogens is 4. The van der Waals surface area contributed by atoms with Crippen LogP contribution in [-0.2, 0) is 5.41 Å². The lowest BCUT2D eigenvalue weighted by Gasteiger charge is -2.22. The van der Waals surface area contributed by atoms with Gasteiger partial charge in [0.2, 0.25) is 5.95 Å². The summed E-state index contributed by atoms with van der Waals surface area (Å²) in [6.07, 6.45) is 0. The van der Waals surface area contributed by atoms with E-state index in [9.17, 15) is 0 Å². The molecule has 276 valence electrons. The summed E-state index contributed by atoms with van der Waals surface area (Å²) in [6, 6.07) is 66.4. The van der Waals surface area contributed by atoms with Crippen LogP contribution >= 0.6 is 0 Å². The van der Waals surface area contributed by atoms with Gasteiger partial charge in [-0.3, -0.25) is 4.57 Å². The molecule has 3 heterocycles. The molecule has 0 bridgehead atoms. The van der Waals surface area contributed by atoms with Gasteiger partial charge in [-0.1, -0.05) is 141 Å². The standard InChI is InChI=1S/C55H36N4/c1-55(2)45-20-10-7-17-39(45)40-26-23-36(30-46(40)55)53-42-19-8-11-21-47(42)56-54(57-53)59-49-28-25-37(32-44(49)52-38-16-6-5-13-33(38)24-27-50(52)59)58-48-22-12-9-18-41(48)43-29-34-14-3-4-15-35(34)31-51(43)58/h3-32H,1-2H3. The number of benzene rings is 9. The number of hydrogen-bond acceptors (Lipinski definition) is 2. The Hall–Kier alpha value is -7.56. The SMILES string of the molecule is CC1(C)c2ccccc2-c2ccc(-c3nc(-n4c5ccc(-n6c7ccccc7c7cc8ccccc8cc76)cc5c5c6ccccc6ccc54)nc4ccccc34)cc21. The first kappa shape index (κ1) is 32.5. The largest absolute Gasteiger partial charge is 0.309 e. The molecule has 1 aliphatic rings. The third-order valence-corrected chi connectivity index (χ3v) is 13.1. The van der Waals surface area contributed by atoms with Crippen LogP contribution in [0.15, 0.2) is 182 Å². The van der Waals surface area contributed by atoms with E-state index in [4.69, 9.17) is 9.97 Å². The van der Waals surface area contributed by atoms with Gasteiger partial charge in [-0.2, -0.15) is 0 Å². The molecule has 59 heavy (non-hydrogen) atoms. The lowest BCUT2D eigenvalue weighted by atomic mass is 9.82. The van der Waals surface area contributed by atoms with E-state index in [2.05, 4.69) is 205 Å². The molecule has 0 fully saturated rings.